The Morgan fingerprint density at radius 1 is 1.73 bits per heavy atom. The minimum absolute atomic E-state index is 0.0201. The van der Waals surface area contributed by atoms with Crippen molar-refractivity contribution in [2.24, 2.45) is 5.84 Å². The zero-order valence-electron chi connectivity index (χ0n) is 8.98. The highest BCUT2D eigenvalue weighted by Crippen LogP contribution is 2.11. The van der Waals surface area contributed by atoms with Gasteiger partial charge in [-0.25, -0.2) is 5.84 Å². The zero-order valence-corrected chi connectivity index (χ0v) is 8.98. The average molecular weight is 217 g/mol. The number of ether oxygens (including phenoxy) is 1. The quantitative estimate of drug-likeness (QED) is 0.301. The van der Waals surface area contributed by atoms with Crippen molar-refractivity contribution in [1.82, 2.24) is 10.3 Å². The molecule has 1 fully saturated rings. The number of carbonyl (C=O) groups excluding carboxylic acids is 1. The molecular weight excluding hydrogens is 198 g/mol. The Balaban J connectivity index is 2.34. The van der Waals surface area contributed by atoms with Crippen molar-refractivity contribution in [3.63, 3.8) is 0 Å². The van der Waals surface area contributed by atoms with Crippen LogP contribution in [0.4, 0.5) is 0 Å². The van der Waals surface area contributed by atoms with Crippen LogP contribution in [0, 0.1) is 0 Å². The van der Waals surface area contributed by atoms with Crippen LogP contribution in [0.3, 0.4) is 0 Å². The van der Waals surface area contributed by atoms with Crippen molar-refractivity contribution in [1.29, 1.82) is 0 Å². The fraction of sp³-hybridized carbons (Fsp3) is 0.889. The second-order valence-electron chi connectivity index (χ2n) is 3.80. The minimum atomic E-state index is -0.172. The third kappa shape index (κ3) is 3.75. The van der Waals surface area contributed by atoms with E-state index in [1.54, 1.807) is 0 Å². The highest BCUT2D eigenvalue weighted by molar-refractivity contribution is 5.75. The number of hydrazine groups is 1. The van der Waals surface area contributed by atoms with Gasteiger partial charge in [0.05, 0.1) is 19.3 Å². The SMILES string of the molecule is CC1COC(CO)CN1CCC(=O)NN. The molecule has 1 aliphatic rings. The maximum atomic E-state index is 11.0. The molecule has 0 bridgehead atoms. The molecule has 0 aromatic carbocycles. The van der Waals surface area contributed by atoms with Crippen LogP contribution in [0.25, 0.3) is 0 Å². The van der Waals surface area contributed by atoms with Crippen LogP contribution in [-0.2, 0) is 9.53 Å². The van der Waals surface area contributed by atoms with Gasteiger partial charge in [0.25, 0.3) is 0 Å². The molecule has 6 nitrogen and oxygen atoms in total. The van der Waals surface area contributed by atoms with Crippen molar-refractivity contribution in [2.75, 3.05) is 26.3 Å². The van der Waals surface area contributed by atoms with Gasteiger partial charge < -0.3 is 9.84 Å². The second kappa shape index (κ2) is 6.02. The van der Waals surface area contributed by atoms with Gasteiger partial charge in [0.1, 0.15) is 0 Å². The molecule has 6 heteroatoms. The van der Waals surface area contributed by atoms with E-state index in [9.17, 15) is 4.79 Å². The van der Waals surface area contributed by atoms with E-state index in [4.69, 9.17) is 15.7 Å². The number of carbonyl (C=O) groups is 1. The summed E-state index contributed by atoms with van der Waals surface area (Å²) in [6.07, 6.45) is 0.237. The summed E-state index contributed by atoms with van der Waals surface area (Å²) in [4.78, 5) is 13.1. The van der Waals surface area contributed by atoms with Crippen LogP contribution in [-0.4, -0.2) is 54.4 Å². The van der Waals surface area contributed by atoms with E-state index in [0.717, 1.165) is 0 Å². The van der Waals surface area contributed by atoms with Crippen LogP contribution in [0.15, 0.2) is 0 Å². The maximum Gasteiger partial charge on any atom is 0.235 e. The topological polar surface area (TPSA) is 87.8 Å². The summed E-state index contributed by atoms with van der Waals surface area (Å²) in [6.45, 7) is 3.95. The van der Waals surface area contributed by atoms with E-state index in [0.29, 0.717) is 26.1 Å². The summed E-state index contributed by atoms with van der Waals surface area (Å²) in [5, 5.41) is 8.97. The van der Waals surface area contributed by atoms with Crippen molar-refractivity contribution in [2.45, 2.75) is 25.5 Å². The Hall–Kier alpha value is -0.690. The van der Waals surface area contributed by atoms with Crippen molar-refractivity contribution < 1.29 is 14.6 Å². The van der Waals surface area contributed by atoms with Crippen molar-refractivity contribution >= 4 is 5.91 Å². The molecule has 88 valence electrons. The Morgan fingerprint density at radius 2 is 2.47 bits per heavy atom. The number of hydrogen-bond acceptors (Lipinski definition) is 5. The number of nitrogens with two attached hydrogens (primary N) is 1. The molecule has 4 N–H and O–H groups in total. The third-order valence-corrected chi connectivity index (χ3v) is 2.63. The molecule has 0 radical (unpaired) electrons. The van der Waals surface area contributed by atoms with Gasteiger partial charge in [-0.2, -0.15) is 0 Å². The van der Waals surface area contributed by atoms with Gasteiger partial charge in [-0.1, -0.05) is 0 Å². The van der Waals surface area contributed by atoms with Gasteiger partial charge in [0.15, 0.2) is 0 Å². The van der Waals surface area contributed by atoms with Gasteiger partial charge in [-0.05, 0) is 6.92 Å². The minimum Gasteiger partial charge on any atom is -0.394 e. The molecule has 1 saturated heterocycles. The maximum absolute atomic E-state index is 11.0. The number of aliphatic hydroxyl groups excluding tert-OH is 1. The Labute approximate surface area is 89.3 Å². The first-order valence-corrected chi connectivity index (χ1v) is 5.13. The molecule has 15 heavy (non-hydrogen) atoms. The lowest BCUT2D eigenvalue weighted by atomic mass is 10.2. The lowest BCUT2D eigenvalue weighted by Gasteiger charge is -2.37. The second-order valence-corrected chi connectivity index (χ2v) is 3.80. The van der Waals surface area contributed by atoms with Crippen LogP contribution in [0.1, 0.15) is 13.3 Å². The van der Waals surface area contributed by atoms with Gasteiger partial charge in [-0.3, -0.25) is 15.1 Å². The first-order valence-electron chi connectivity index (χ1n) is 5.13. The molecule has 1 aliphatic heterocycles. The fourth-order valence-electron chi connectivity index (χ4n) is 1.61. The number of nitrogens with one attached hydrogen (secondary N) is 1. The van der Waals surface area contributed by atoms with Crippen molar-refractivity contribution in [3.8, 4) is 0 Å². The standard InChI is InChI=1S/C9H19N3O3/c1-7-6-15-8(5-13)4-12(7)3-2-9(14)11-10/h7-8,13H,2-6,10H2,1H3,(H,11,14). The van der Waals surface area contributed by atoms with E-state index in [2.05, 4.69) is 10.3 Å². The monoisotopic (exact) mass is 217 g/mol. The van der Waals surface area contributed by atoms with Gasteiger partial charge in [0.2, 0.25) is 5.91 Å². The zero-order chi connectivity index (χ0) is 11.3. The van der Waals surface area contributed by atoms with Crippen LogP contribution < -0.4 is 11.3 Å². The van der Waals surface area contributed by atoms with Gasteiger partial charge in [-0.15, -0.1) is 0 Å². The number of aliphatic hydroxyl groups is 1. The third-order valence-electron chi connectivity index (χ3n) is 2.63. The molecular formula is C9H19N3O3. The number of nitrogens with zero attached hydrogens (tertiary/aromatic N) is 1. The lowest BCUT2D eigenvalue weighted by molar-refractivity contribution is -0.122. The van der Waals surface area contributed by atoms with Crippen LogP contribution >= 0.6 is 0 Å². The Kier molecular flexibility index (Phi) is 4.97. The number of amides is 1. The lowest BCUT2D eigenvalue weighted by Crippen LogP contribution is -2.50. The average Bonchev–Trinajstić information content (AvgIpc) is 2.27. The highest BCUT2D eigenvalue weighted by atomic mass is 16.5. The smallest absolute Gasteiger partial charge is 0.235 e. The van der Waals surface area contributed by atoms with E-state index in [1.807, 2.05) is 6.92 Å². The van der Waals surface area contributed by atoms with E-state index in [-0.39, 0.29) is 24.7 Å². The highest BCUT2D eigenvalue weighted by Gasteiger charge is 2.25. The summed E-state index contributed by atoms with van der Waals surface area (Å²) in [7, 11) is 0. The summed E-state index contributed by atoms with van der Waals surface area (Å²) >= 11 is 0. The van der Waals surface area contributed by atoms with Crippen LogP contribution in [0.5, 0.6) is 0 Å². The van der Waals surface area contributed by atoms with Crippen molar-refractivity contribution in [3.05, 3.63) is 0 Å². The van der Waals surface area contributed by atoms with E-state index >= 15 is 0 Å². The first-order chi connectivity index (χ1) is 7.17. The molecule has 2 unspecified atom stereocenters. The van der Waals surface area contributed by atoms with E-state index in [1.165, 1.54) is 0 Å². The molecule has 0 aromatic heterocycles. The van der Waals surface area contributed by atoms with E-state index < -0.39 is 0 Å². The normalized spacial score (nSPS) is 27.7. The molecule has 1 heterocycles. The molecule has 0 spiro atoms. The Morgan fingerprint density at radius 3 is 3.07 bits per heavy atom. The molecule has 2 atom stereocenters. The predicted octanol–water partition coefficient (Wildman–Crippen LogP) is -1.55. The summed E-state index contributed by atoms with van der Waals surface area (Å²) in [5.74, 6) is 4.82. The predicted molar refractivity (Wildman–Crippen MR) is 54.8 cm³/mol. The fourth-order valence-corrected chi connectivity index (χ4v) is 1.61. The molecule has 0 aromatic rings. The largest absolute Gasteiger partial charge is 0.394 e. The molecule has 1 amide bonds. The van der Waals surface area contributed by atoms with Gasteiger partial charge in [0, 0.05) is 25.6 Å². The number of hydrogen-bond donors (Lipinski definition) is 3. The number of morpholine rings is 1. The summed E-state index contributed by atoms with van der Waals surface area (Å²) in [5.41, 5.74) is 2.10. The molecule has 0 saturated carbocycles. The number of rotatable bonds is 4. The van der Waals surface area contributed by atoms with Gasteiger partial charge >= 0.3 is 0 Å². The molecule has 0 aliphatic carbocycles. The molecule has 1 rings (SSSR count). The Bertz CT molecular complexity index is 213. The summed E-state index contributed by atoms with van der Waals surface area (Å²) < 4.78 is 5.39. The summed E-state index contributed by atoms with van der Waals surface area (Å²) in [6, 6.07) is 0.276. The van der Waals surface area contributed by atoms with Crippen LogP contribution in [0.2, 0.25) is 0 Å². The first kappa shape index (κ1) is 12.4.